The number of carbonyl (C=O) groups excluding carboxylic acids is 1. The molecule has 54 valence electrons. The second-order valence-corrected chi connectivity index (χ2v) is 1.33. The minimum atomic E-state index is -1.70. The van der Waals surface area contributed by atoms with E-state index >= 15 is 0 Å². The van der Waals surface area contributed by atoms with Crippen LogP contribution < -0.4 is 0 Å². The molecular formula is C4H8O5. The Balaban J connectivity index is 3.27. The maximum atomic E-state index is 10.2. The Kier molecular flexibility index (Phi) is 3.94. The zero-order chi connectivity index (χ0) is 7.28. The predicted octanol–water partition coefficient (Wildman–Crippen LogP) is -1.82. The van der Waals surface area contributed by atoms with Crippen LogP contribution in [0.3, 0.4) is 0 Å². The summed E-state index contributed by atoms with van der Waals surface area (Å²) in [6, 6.07) is 0. The van der Waals surface area contributed by atoms with Gasteiger partial charge in [-0.15, -0.1) is 0 Å². The van der Waals surface area contributed by atoms with Gasteiger partial charge in [0.25, 0.3) is 0 Å². The molecule has 0 spiro atoms. The highest BCUT2D eigenvalue weighted by molar-refractivity contribution is 5.69. The largest absolute Gasteiger partial charge is 0.439 e. The number of hydrogen-bond donors (Lipinski definition) is 3. The zero-order valence-corrected chi connectivity index (χ0v) is 4.65. The number of ether oxygens (including phenoxy) is 1. The van der Waals surface area contributed by atoms with Crippen LogP contribution in [0.2, 0.25) is 0 Å². The standard InChI is InChI=1S/C4H8O5/c5-2-9-4(8)1-3(6)7/h3,5-7H,1-2H2. The first-order valence-electron chi connectivity index (χ1n) is 2.29. The lowest BCUT2D eigenvalue weighted by molar-refractivity contribution is -0.159. The second kappa shape index (κ2) is 4.25. The van der Waals surface area contributed by atoms with Crippen molar-refractivity contribution >= 4 is 5.97 Å². The molecule has 0 aliphatic rings. The fourth-order valence-corrected chi connectivity index (χ4v) is 0.280. The van der Waals surface area contributed by atoms with E-state index in [2.05, 4.69) is 4.74 Å². The fourth-order valence-electron chi connectivity index (χ4n) is 0.280. The molecule has 0 radical (unpaired) electrons. The summed E-state index contributed by atoms with van der Waals surface area (Å²) in [4.78, 5) is 10.2. The van der Waals surface area contributed by atoms with E-state index in [9.17, 15) is 4.79 Å². The SMILES string of the molecule is O=C(CC(O)O)OCO. The molecule has 0 aliphatic carbocycles. The van der Waals surface area contributed by atoms with Gasteiger partial charge in [-0.05, 0) is 0 Å². The Morgan fingerprint density at radius 3 is 2.44 bits per heavy atom. The Labute approximate surface area is 51.5 Å². The molecule has 0 unspecified atom stereocenters. The molecule has 0 aromatic rings. The van der Waals surface area contributed by atoms with Crippen molar-refractivity contribution in [1.82, 2.24) is 0 Å². The average molecular weight is 136 g/mol. The van der Waals surface area contributed by atoms with E-state index in [-0.39, 0.29) is 0 Å². The summed E-state index contributed by atoms with van der Waals surface area (Å²) in [5.74, 6) is -0.840. The summed E-state index contributed by atoms with van der Waals surface area (Å²) in [6.07, 6.45) is -2.22. The number of carbonyl (C=O) groups is 1. The van der Waals surface area contributed by atoms with Crippen molar-refractivity contribution in [2.75, 3.05) is 6.79 Å². The molecule has 0 saturated heterocycles. The molecule has 0 aromatic heterocycles. The van der Waals surface area contributed by atoms with Crippen molar-refractivity contribution in [3.05, 3.63) is 0 Å². The lowest BCUT2D eigenvalue weighted by atomic mass is 10.4. The molecule has 5 heteroatoms. The highest BCUT2D eigenvalue weighted by Gasteiger charge is 2.06. The summed E-state index contributed by atoms with van der Waals surface area (Å²) in [5.41, 5.74) is 0. The highest BCUT2D eigenvalue weighted by Crippen LogP contribution is 1.88. The molecule has 9 heavy (non-hydrogen) atoms. The van der Waals surface area contributed by atoms with Gasteiger partial charge in [0.15, 0.2) is 13.1 Å². The number of rotatable bonds is 3. The van der Waals surface area contributed by atoms with E-state index < -0.39 is 25.5 Å². The highest BCUT2D eigenvalue weighted by atomic mass is 16.6. The Morgan fingerprint density at radius 2 is 2.11 bits per heavy atom. The topological polar surface area (TPSA) is 87.0 Å². The molecule has 0 bridgehead atoms. The van der Waals surface area contributed by atoms with Crippen LogP contribution in [0.25, 0.3) is 0 Å². The molecule has 0 saturated carbocycles. The lowest BCUT2D eigenvalue weighted by Gasteiger charge is -2.00. The maximum absolute atomic E-state index is 10.2. The van der Waals surface area contributed by atoms with Crippen LogP contribution in [0.15, 0.2) is 0 Å². The molecule has 3 N–H and O–H groups in total. The van der Waals surface area contributed by atoms with Gasteiger partial charge in [-0.2, -0.15) is 0 Å². The van der Waals surface area contributed by atoms with Gasteiger partial charge in [-0.3, -0.25) is 4.79 Å². The molecule has 0 fully saturated rings. The normalized spacial score (nSPS) is 9.78. The summed E-state index contributed by atoms with van der Waals surface area (Å²) in [6.45, 7) is -0.731. The van der Waals surface area contributed by atoms with Gasteiger partial charge in [0.1, 0.15) is 0 Å². The third-order valence-corrected chi connectivity index (χ3v) is 0.575. The van der Waals surface area contributed by atoms with Crippen LogP contribution in [0, 0.1) is 0 Å². The van der Waals surface area contributed by atoms with Crippen LogP contribution in [0.5, 0.6) is 0 Å². The maximum Gasteiger partial charge on any atom is 0.313 e. The van der Waals surface area contributed by atoms with Crippen molar-refractivity contribution < 1.29 is 24.9 Å². The summed E-state index contributed by atoms with van der Waals surface area (Å²) >= 11 is 0. The van der Waals surface area contributed by atoms with Gasteiger partial charge in [-0.25, -0.2) is 0 Å². The third-order valence-electron chi connectivity index (χ3n) is 0.575. The minimum absolute atomic E-state index is 0.513. The molecular weight excluding hydrogens is 128 g/mol. The summed E-state index contributed by atoms with van der Waals surface area (Å²) in [5, 5.41) is 24.2. The van der Waals surface area contributed by atoms with Gasteiger partial charge < -0.3 is 20.1 Å². The lowest BCUT2D eigenvalue weighted by Crippen LogP contribution is -2.14. The van der Waals surface area contributed by atoms with Gasteiger partial charge in [0.05, 0.1) is 6.42 Å². The first-order valence-corrected chi connectivity index (χ1v) is 2.29. The van der Waals surface area contributed by atoms with E-state index in [1.807, 2.05) is 0 Å². The van der Waals surface area contributed by atoms with Crippen LogP contribution >= 0.6 is 0 Å². The van der Waals surface area contributed by atoms with E-state index in [0.29, 0.717) is 0 Å². The zero-order valence-electron chi connectivity index (χ0n) is 4.65. The Hall–Kier alpha value is -0.650. The third kappa shape index (κ3) is 5.22. The van der Waals surface area contributed by atoms with Crippen molar-refractivity contribution in [3.8, 4) is 0 Å². The van der Waals surface area contributed by atoms with Crippen LogP contribution in [0.4, 0.5) is 0 Å². The molecule has 0 aromatic carbocycles. The van der Waals surface area contributed by atoms with Crippen molar-refractivity contribution in [3.63, 3.8) is 0 Å². The Morgan fingerprint density at radius 1 is 1.56 bits per heavy atom. The van der Waals surface area contributed by atoms with Gasteiger partial charge in [-0.1, -0.05) is 0 Å². The van der Waals surface area contributed by atoms with Crippen LogP contribution in [-0.4, -0.2) is 34.4 Å². The number of esters is 1. The van der Waals surface area contributed by atoms with E-state index in [1.54, 1.807) is 0 Å². The minimum Gasteiger partial charge on any atom is -0.439 e. The van der Waals surface area contributed by atoms with E-state index in [4.69, 9.17) is 15.3 Å². The van der Waals surface area contributed by atoms with Gasteiger partial charge in [0, 0.05) is 0 Å². The Bertz CT molecular complexity index is 89.0. The monoisotopic (exact) mass is 136 g/mol. The van der Waals surface area contributed by atoms with Gasteiger partial charge >= 0.3 is 5.97 Å². The smallest absolute Gasteiger partial charge is 0.313 e. The predicted molar refractivity (Wildman–Crippen MR) is 26.0 cm³/mol. The molecule has 0 atom stereocenters. The van der Waals surface area contributed by atoms with Gasteiger partial charge in [0.2, 0.25) is 0 Å². The number of aliphatic hydroxyl groups is 3. The molecule has 0 amide bonds. The summed E-state index contributed by atoms with van der Waals surface area (Å²) < 4.78 is 3.95. The van der Waals surface area contributed by atoms with Crippen molar-refractivity contribution in [1.29, 1.82) is 0 Å². The van der Waals surface area contributed by atoms with Crippen LogP contribution in [-0.2, 0) is 9.53 Å². The van der Waals surface area contributed by atoms with Crippen LogP contribution in [0.1, 0.15) is 6.42 Å². The second-order valence-electron chi connectivity index (χ2n) is 1.33. The first-order chi connectivity index (χ1) is 4.16. The van der Waals surface area contributed by atoms with E-state index in [0.717, 1.165) is 0 Å². The first kappa shape index (κ1) is 8.35. The quantitative estimate of drug-likeness (QED) is 0.314. The molecule has 0 rings (SSSR count). The van der Waals surface area contributed by atoms with E-state index in [1.165, 1.54) is 0 Å². The average Bonchev–Trinajstić information content (AvgIpc) is 1.63. The number of aliphatic hydroxyl groups excluding tert-OH is 2. The fraction of sp³-hybridized carbons (Fsp3) is 0.750. The molecule has 0 aliphatic heterocycles. The van der Waals surface area contributed by atoms with Crippen molar-refractivity contribution in [2.24, 2.45) is 0 Å². The summed E-state index contributed by atoms with van der Waals surface area (Å²) in [7, 11) is 0. The molecule has 0 heterocycles. The van der Waals surface area contributed by atoms with Crippen molar-refractivity contribution in [2.45, 2.75) is 12.7 Å². The number of hydrogen-bond acceptors (Lipinski definition) is 5. The molecule has 5 nitrogen and oxygen atoms in total.